The Morgan fingerprint density at radius 1 is 1.25 bits per heavy atom. The maximum absolute atomic E-state index is 12.4. The first-order chi connectivity index (χ1) is 9.56. The molecule has 20 heavy (non-hydrogen) atoms. The van der Waals surface area contributed by atoms with Gasteiger partial charge in [-0.2, -0.15) is 0 Å². The molecule has 0 unspecified atom stereocenters. The molecule has 1 fully saturated rings. The largest absolute Gasteiger partial charge is 0.351 e. The maximum Gasteiger partial charge on any atom is 0.251 e. The van der Waals surface area contributed by atoms with E-state index in [4.69, 9.17) is 0 Å². The van der Waals surface area contributed by atoms with Crippen LogP contribution in [0.1, 0.15) is 53.6 Å². The molecule has 1 aliphatic rings. The van der Waals surface area contributed by atoms with Crippen LogP contribution in [0.5, 0.6) is 0 Å². The van der Waals surface area contributed by atoms with Gasteiger partial charge in [0.2, 0.25) is 0 Å². The van der Waals surface area contributed by atoms with Crippen molar-refractivity contribution in [2.24, 2.45) is 5.41 Å². The van der Waals surface area contributed by atoms with Gasteiger partial charge in [0, 0.05) is 17.4 Å². The fourth-order valence-corrected chi connectivity index (χ4v) is 3.76. The number of aryl methyl sites for hydroxylation is 2. The molecule has 1 amide bonds. The van der Waals surface area contributed by atoms with E-state index in [2.05, 4.69) is 21.2 Å². The van der Waals surface area contributed by atoms with Crippen LogP contribution in [0.4, 0.5) is 0 Å². The topological polar surface area (TPSA) is 29.1 Å². The van der Waals surface area contributed by atoms with Crippen molar-refractivity contribution in [3.8, 4) is 0 Å². The SMILES string of the molecule is Cc1ccc(C)c(C(=O)NCC2(CBr)CCCCC2)c1. The molecular weight excluding hydrogens is 314 g/mol. The van der Waals surface area contributed by atoms with Gasteiger partial charge in [-0.15, -0.1) is 0 Å². The summed E-state index contributed by atoms with van der Waals surface area (Å²) < 4.78 is 0. The molecule has 0 atom stereocenters. The maximum atomic E-state index is 12.4. The Bertz CT molecular complexity index is 478. The van der Waals surface area contributed by atoms with Crippen LogP contribution in [0.3, 0.4) is 0 Å². The normalized spacial score (nSPS) is 17.8. The Morgan fingerprint density at radius 2 is 1.95 bits per heavy atom. The summed E-state index contributed by atoms with van der Waals surface area (Å²) in [4.78, 5) is 12.4. The van der Waals surface area contributed by atoms with E-state index in [1.54, 1.807) is 0 Å². The lowest BCUT2D eigenvalue weighted by atomic mass is 9.75. The highest BCUT2D eigenvalue weighted by Crippen LogP contribution is 2.37. The molecule has 0 aromatic heterocycles. The number of amides is 1. The molecule has 0 heterocycles. The zero-order valence-electron chi connectivity index (χ0n) is 12.5. The van der Waals surface area contributed by atoms with Crippen molar-refractivity contribution in [3.05, 3.63) is 34.9 Å². The Labute approximate surface area is 130 Å². The van der Waals surface area contributed by atoms with Gasteiger partial charge in [0.15, 0.2) is 0 Å². The predicted octanol–water partition coefficient (Wildman–Crippen LogP) is 4.38. The van der Waals surface area contributed by atoms with E-state index in [-0.39, 0.29) is 11.3 Å². The Hall–Kier alpha value is -0.830. The molecule has 0 spiro atoms. The zero-order chi connectivity index (χ0) is 14.6. The quantitative estimate of drug-likeness (QED) is 0.811. The van der Waals surface area contributed by atoms with Crippen LogP contribution in [-0.2, 0) is 0 Å². The third kappa shape index (κ3) is 3.63. The highest BCUT2D eigenvalue weighted by Gasteiger charge is 2.31. The molecule has 2 rings (SSSR count). The summed E-state index contributed by atoms with van der Waals surface area (Å²) in [7, 11) is 0. The van der Waals surface area contributed by atoms with Gasteiger partial charge in [-0.05, 0) is 43.7 Å². The highest BCUT2D eigenvalue weighted by atomic mass is 79.9. The second-order valence-electron chi connectivity index (χ2n) is 6.20. The monoisotopic (exact) mass is 337 g/mol. The minimum atomic E-state index is 0.0668. The van der Waals surface area contributed by atoms with Crippen molar-refractivity contribution in [3.63, 3.8) is 0 Å². The lowest BCUT2D eigenvalue weighted by Gasteiger charge is -2.35. The van der Waals surface area contributed by atoms with Crippen molar-refractivity contribution < 1.29 is 4.79 Å². The van der Waals surface area contributed by atoms with Gasteiger partial charge < -0.3 is 5.32 Å². The van der Waals surface area contributed by atoms with E-state index in [9.17, 15) is 4.79 Å². The third-order valence-corrected chi connectivity index (χ3v) is 5.65. The molecule has 0 radical (unpaired) electrons. The van der Waals surface area contributed by atoms with E-state index >= 15 is 0 Å². The lowest BCUT2D eigenvalue weighted by Crippen LogP contribution is -2.40. The number of halogens is 1. The average molecular weight is 338 g/mol. The molecule has 1 saturated carbocycles. The second kappa shape index (κ2) is 6.75. The van der Waals surface area contributed by atoms with Crippen LogP contribution in [0.2, 0.25) is 0 Å². The van der Waals surface area contributed by atoms with Crippen LogP contribution in [0, 0.1) is 19.3 Å². The second-order valence-corrected chi connectivity index (χ2v) is 6.76. The first-order valence-electron chi connectivity index (χ1n) is 7.48. The van der Waals surface area contributed by atoms with E-state index < -0.39 is 0 Å². The fraction of sp³-hybridized carbons (Fsp3) is 0.588. The summed E-state index contributed by atoms with van der Waals surface area (Å²) in [6.45, 7) is 4.80. The number of rotatable bonds is 4. The number of benzene rings is 1. The van der Waals surface area contributed by atoms with Gasteiger partial charge in [-0.25, -0.2) is 0 Å². The van der Waals surface area contributed by atoms with E-state index in [0.29, 0.717) is 0 Å². The first-order valence-corrected chi connectivity index (χ1v) is 8.60. The molecule has 0 saturated heterocycles. The van der Waals surface area contributed by atoms with Crippen LogP contribution in [-0.4, -0.2) is 17.8 Å². The number of hydrogen-bond donors (Lipinski definition) is 1. The molecule has 1 aliphatic carbocycles. The molecule has 3 heteroatoms. The molecule has 0 bridgehead atoms. The van der Waals surface area contributed by atoms with Crippen molar-refractivity contribution in [1.82, 2.24) is 5.32 Å². The number of carbonyl (C=O) groups excluding carboxylic acids is 1. The minimum Gasteiger partial charge on any atom is -0.351 e. The van der Waals surface area contributed by atoms with Gasteiger partial charge >= 0.3 is 0 Å². The molecule has 1 aromatic carbocycles. The summed E-state index contributed by atoms with van der Waals surface area (Å²) in [6.07, 6.45) is 6.33. The third-order valence-electron chi connectivity index (χ3n) is 4.46. The molecule has 110 valence electrons. The predicted molar refractivity (Wildman–Crippen MR) is 87.6 cm³/mol. The first kappa shape index (κ1) is 15.6. The van der Waals surface area contributed by atoms with Crippen LogP contribution < -0.4 is 5.32 Å². The zero-order valence-corrected chi connectivity index (χ0v) is 14.1. The fourth-order valence-electron chi connectivity index (χ4n) is 3.00. The standard InChI is InChI=1S/C17H24BrNO/c1-13-6-7-14(2)15(10-13)16(20)19-12-17(11-18)8-4-3-5-9-17/h6-7,10H,3-5,8-9,11-12H2,1-2H3,(H,19,20). The van der Waals surface area contributed by atoms with E-state index in [1.165, 1.54) is 32.1 Å². The van der Waals surface area contributed by atoms with Crippen molar-refractivity contribution in [2.45, 2.75) is 46.0 Å². The van der Waals surface area contributed by atoms with Crippen LogP contribution in [0.15, 0.2) is 18.2 Å². The molecular formula is C17H24BrNO. The van der Waals surface area contributed by atoms with Gasteiger partial charge in [-0.1, -0.05) is 52.9 Å². The summed E-state index contributed by atoms with van der Waals surface area (Å²) >= 11 is 3.65. The van der Waals surface area contributed by atoms with Crippen LogP contribution >= 0.6 is 15.9 Å². The van der Waals surface area contributed by atoms with Crippen LogP contribution in [0.25, 0.3) is 0 Å². The number of nitrogens with one attached hydrogen (secondary N) is 1. The smallest absolute Gasteiger partial charge is 0.251 e. The lowest BCUT2D eigenvalue weighted by molar-refractivity contribution is 0.0921. The van der Waals surface area contributed by atoms with E-state index in [0.717, 1.165) is 28.6 Å². The molecule has 1 N–H and O–H groups in total. The van der Waals surface area contributed by atoms with E-state index in [1.807, 2.05) is 32.0 Å². The minimum absolute atomic E-state index is 0.0668. The van der Waals surface area contributed by atoms with Gasteiger partial charge in [0.25, 0.3) is 5.91 Å². The highest BCUT2D eigenvalue weighted by molar-refractivity contribution is 9.09. The number of hydrogen-bond acceptors (Lipinski definition) is 1. The summed E-state index contributed by atoms with van der Waals surface area (Å²) in [5.41, 5.74) is 3.25. The Kier molecular flexibility index (Phi) is 5.25. The summed E-state index contributed by atoms with van der Waals surface area (Å²) in [5, 5.41) is 4.14. The number of carbonyl (C=O) groups is 1. The Morgan fingerprint density at radius 3 is 2.60 bits per heavy atom. The molecule has 2 nitrogen and oxygen atoms in total. The molecule has 1 aromatic rings. The number of alkyl halides is 1. The van der Waals surface area contributed by atoms with Crippen molar-refractivity contribution >= 4 is 21.8 Å². The van der Waals surface area contributed by atoms with Gasteiger partial charge in [0.05, 0.1) is 0 Å². The summed E-state index contributed by atoms with van der Waals surface area (Å²) in [6, 6.07) is 6.05. The summed E-state index contributed by atoms with van der Waals surface area (Å²) in [5.74, 6) is 0.0668. The Balaban J connectivity index is 2.02. The average Bonchev–Trinajstić information content (AvgIpc) is 2.48. The van der Waals surface area contributed by atoms with Gasteiger partial charge in [-0.3, -0.25) is 4.79 Å². The van der Waals surface area contributed by atoms with Crippen molar-refractivity contribution in [2.75, 3.05) is 11.9 Å². The molecule has 0 aliphatic heterocycles. The van der Waals surface area contributed by atoms with Gasteiger partial charge in [0.1, 0.15) is 0 Å². The van der Waals surface area contributed by atoms with Crippen molar-refractivity contribution in [1.29, 1.82) is 0 Å².